The molecule has 0 saturated heterocycles. The molecule has 1 aliphatic carbocycles. The van der Waals surface area contributed by atoms with Gasteiger partial charge in [-0.05, 0) is 126 Å². The smallest absolute Gasteiger partial charge is 0.143 e. The molecular weight excluding hydrogens is 715 g/mol. The van der Waals surface area contributed by atoms with E-state index in [0.29, 0.717) is 0 Å². The summed E-state index contributed by atoms with van der Waals surface area (Å²) in [7, 11) is 0. The number of rotatable bonds is 5. The molecule has 0 amide bonds. The van der Waals surface area contributed by atoms with Gasteiger partial charge in [0.2, 0.25) is 0 Å². The molecule has 0 N–H and O–H groups in total. The summed E-state index contributed by atoms with van der Waals surface area (Å²) in [4.78, 5) is 2.41. The molecule has 1 aromatic heterocycles. The van der Waals surface area contributed by atoms with Crippen molar-refractivity contribution in [2.45, 2.75) is 19.3 Å². The summed E-state index contributed by atoms with van der Waals surface area (Å²) in [6, 6.07) is 73.1. The number of furan rings is 1. The Morgan fingerprint density at radius 1 is 0.373 bits per heavy atom. The normalized spacial score (nSPS) is 13.1. The largest absolute Gasteiger partial charge is 0.455 e. The summed E-state index contributed by atoms with van der Waals surface area (Å²) in [6.07, 6.45) is 0. The van der Waals surface area contributed by atoms with Gasteiger partial charge in [0.15, 0.2) is 0 Å². The minimum Gasteiger partial charge on any atom is -0.455 e. The topological polar surface area (TPSA) is 16.4 Å². The van der Waals surface area contributed by atoms with Crippen molar-refractivity contribution < 1.29 is 4.42 Å². The monoisotopic (exact) mass is 753 g/mol. The maximum absolute atomic E-state index is 6.82. The number of fused-ring (bicyclic) bond motifs is 11. The van der Waals surface area contributed by atoms with E-state index < -0.39 is 0 Å². The summed E-state index contributed by atoms with van der Waals surface area (Å²) >= 11 is 0. The quantitative estimate of drug-likeness (QED) is 0.174. The van der Waals surface area contributed by atoms with E-state index in [-0.39, 0.29) is 5.41 Å². The minimum atomic E-state index is -0.177. The first kappa shape index (κ1) is 33.7. The van der Waals surface area contributed by atoms with Crippen molar-refractivity contribution in [3.05, 3.63) is 211 Å². The molecule has 0 fully saturated rings. The maximum atomic E-state index is 6.82. The average Bonchev–Trinajstić information content (AvgIpc) is 3.79. The molecule has 59 heavy (non-hydrogen) atoms. The van der Waals surface area contributed by atoms with Crippen LogP contribution in [0.15, 0.2) is 205 Å². The summed E-state index contributed by atoms with van der Waals surface area (Å²) < 4.78 is 6.82. The van der Waals surface area contributed by atoms with Crippen LogP contribution in [0.25, 0.3) is 87.6 Å². The SMILES string of the molecule is CC1(C)c2cc(-c3ccccc3)ccc2-c2ccc(N(c3ccc(-c4cc5ccccc5c5c4oc4ccc6ccccc6c45)cc3)c3ccc4ccccc4c3)cc21. The van der Waals surface area contributed by atoms with Gasteiger partial charge < -0.3 is 9.32 Å². The van der Waals surface area contributed by atoms with Crippen molar-refractivity contribution in [3.63, 3.8) is 0 Å². The Bertz CT molecular complexity index is 3460. The summed E-state index contributed by atoms with van der Waals surface area (Å²) in [5, 5.41) is 9.62. The Kier molecular flexibility index (Phi) is 7.31. The fourth-order valence-corrected chi connectivity index (χ4v) is 9.83. The molecule has 0 spiro atoms. The van der Waals surface area contributed by atoms with Gasteiger partial charge in [-0.2, -0.15) is 0 Å². The first-order chi connectivity index (χ1) is 29.0. The van der Waals surface area contributed by atoms with Crippen LogP contribution in [-0.2, 0) is 5.41 Å². The van der Waals surface area contributed by atoms with Crippen LogP contribution in [0.1, 0.15) is 25.0 Å². The fraction of sp³-hybridized carbons (Fsp3) is 0.0526. The van der Waals surface area contributed by atoms with Gasteiger partial charge >= 0.3 is 0 Å². The van der Waals surface area contributed by atoms with Gasteiger partial charge in [0.25, 0.3) is 0 Å². The van der Waals surface area contributed by atoms with E-state index >= 15 is 0 Å². The predicted octanol–water partition coefficient (Wildman–Crippen LogP) is 16.2. The van der Waals surface area contributed by atoms with Gasteiger partial charge in [-0.3, -0.25) is 0 Å². The van der Waals surface area contributed by atoms with Crippen LogP contribution in [0, 0.1) is 0 Å². The third-order valence-electron chi connectivity index (χ3n) is 12.8. The molecule has 1 aliphatic rings. The lowest BCUT2D eigenvalue weighted by Gasteiger charge is -2.28. The van der Waals surface area contributed by atoms with Crippen LogP contribution in [0.4, 0.5) is 17.1 Å². The third kappa shape index (κ3) is 5.20. The van der Waals surface area contributed by atoms with E-state index in [0.717, 1.165) is 39.4 Å². The second-order valence-electron chi connectivity index (χ2n) is 16.5. The number of nitrogens with zero attached hydrogens (tertiary/aromatic N) is 1. The number of hydrogen-bond acceptors (Lipinski definition) is 2. The van der Waals surface area contributed by atoms with Crippen molar-refractivity contribution in [1.29, 1.82) is 0 Å². The molecule has 0 aliphatic heterocycles. The summed E-state index contributed by atoms with van der Waals surface area (Å²) in [5.41, 5.74) is 15.0. The lowest BCUT2D eigenvalue weighted by Crippen LogP contribution is -2.16. The molecule has 0 saturated carbocycles. The van der Waals surface area contributed by atoms with Crippen LogP contribution < -0.4 is 4.90 Å². The van der Waals surface area contributed by atoms with Gasteiger partial charge in [0.05, 0.1) is 0 Å². The second kappa shape index (κ2) is 12.8. The van der Waals surface area contributed by atoms with Gasteiger partial charge in [0, 0.05) is 38.8 Å². The molecule has 2 heteroatoms. The van der Waals surface area contributed by atoms with Crippen molar-refractivity contribution in [2.75, 3.05) is 4.90 Å². The average molecular weight is 754 g/mol. The Hall–Kier alpha value is -7.42. The van der Waals surface area contributed by atoms with Crippen molar-refractivity contribution in [1.82, 2.24) is 0 Å². The Labute approximate surface area is 343 Å². The molecule has 11 aromatic rings. The Morgan fingerprint density at radius 3 is 1.75 bits per heavy atom. The highest BCUT2D eigenvalue weighted by Crippen LogP contribution is 2.52. The zero-order chi connectivity index (χ0) is 39.2. The maximum Gasteiger partial charge on any atom is 0.143 e. The molecule has 0 bridgehead atoms. The van der Waals surface area contributed by atoms with Crippen molar-refractivity contribution >= 4 is 71.3 Å². The van der Waals surface area contributed by atoms with Crippen LogP contribution >= 0.6 is 0 Å². The standard InChI is InChI=1S/C57H39NO/c1-57(2)51-34-41(36-12-4-3-5-13-36)23-29-48(51)49-30-28-45(35-52(49)57)58(44-27-20-37-14-6-7-16-40(37)32-44)43-25-21-39(22-26-43)50-33-42-17-9-11-19-47(42)55-54-46-18-10-8-15-38(46)24-31-53(54)59-56(50)55/h3-35H,1-2H3. The lowest BCUT2D eigenvalue weighted by atomic mass is 9.81. The summed E-state index contributed by atoms with van der Waals surface area (Å²) in [5.74, 6) is 0. The Morgan fingerprint density at radius 2 is 0.949 bits per heavy atom. The van der Waals surface area contributed by atoms with Gasteiger partial charge in [0.1, 0.15) is 11.2 Å². The molecule has 2 nitrogen and oxygen atoms in total. The van der Waals surface area contributed by atoms with Crippen molar-refractivity contribution in [2.24, 2.45) is 0 Å². The first-order valence-electron chi connectivity index (χ1n) is 20.5. The second-order valence-corrected chi connectivity index (χ2v) is 16.5. The van der Waals surface area contributed by atoms with Crippen LogP contribution in [0.2, 0.25) is 0 Å². The molecule has 1 heterocycles. The van der Waals surface area contributed by atoms with Gasteiger partial charge in [-0.1, -0.05) is 159 Å². The molecule has 12 rings (SSSR count). The van der Waals surface area contributed by atoms with E-state index in [1.807, 2.05) is 0 Å². The van der Waals surface area contributed by atoms with E-state index in [9.17, 15) is 0 Å². The Balaban J connectivity index is 1.01. The molecule has 0 radical (unpaired) electrons. The third-order valence-corrected chi connectivity index (χ3v) is 12.8. The van der Waals surface area contributed by atoms with Gasteiger partial charge in [-0.25, -0.2) is 0 Å². The highest BCUT2D eigenvalue weighted by molar-refractivity contribution is 6.28. The highest BCUT2D eigenvalue weighted by Gasteiger charge is 2.36. The number of hydrogen-bond donors (Lipinski definition) is 0. The van der Waals surface area contributed by atoms with Crippen LogP contribution in [0.5, 0.6) is 0 Å². The van der Waals surface area contributed by atoms with E-state index in [1.165, 1.54) is 76.5 Å². The summed E-state index contributed by atoms with van der Waals surface area (Å²) in [6.45, 7) is 4.74. The fourth-order valence-electron chi connectivity index (χ4n) is 9.83. The van der Waals surface area contributed by atoms with Crippen LogP contribution in [0.3, 0.4) is 0 Å². The first-order valence-corrected chi connectivity index (χ1v) is 20.5. The minimum absolute atomic E-state index is 0.177. The zero-order valence-corrected chi connectivity index (χ0v) is 32.9. The zero-order valence-electron chi connectivity index (χ0n) is 32.9. The lowest BCUT2D eigenvalue weighted by molar-refractivity contribution is 0.660. The van der Waals surface area contributed by atoms with E-state index in [4.69, 9.17) is 4.42 Å². The van der Waals surface area contributed by atoms with Gasteiger partial charge in [-0.15, -0.1) is 0 Å². The van der Waals surface area contributed by atoms with E-state index in [1.54, 1.807) is 0 Å². The van der Waals surface area contributed by atoms with E-state index in [2.05, 4.69) is 219 Å². The molecular formula is C57H39NO. The molecule has 0 atom stereocenters. The van der Waals surface area contributed by atoms with Crippen LogP contribution in [-0.4, -0.2) is 0 Å². The molecule has 0 unspecified atom stereocenters. The molecule has 278 valence electrons. The highest BCUT2D eigenvalue weighted by atomic mass is 16.3. The predicted molar refractivity (Wildman–Crippen MR) is 249 cm³/mol. The molecule has 10 aromatic carbocycles. The van der Waals surface area contributed by atoms with Crippen molar-refractivity contribution in [3.8, 4) is 33.4 Å². The number of anilines is 3. The number of benzene rings is 10.